The number of nitrogens with zero attached hydrogens (tertiary/aromatic N) is 1. The summed E-state index contributed by atoms with van der Waals surface area (Å²) in [4.78, 5) is 0.224. The van der Waals surface area contributed by atoms with Crippen LogP contribution in [-0.4, -0.2) is 31.0 Å². The molecule has 3 aromatic carbocycles. The van der Waals surface area contributed by atoms with E-state index in [4.69, 9.17) is 0 Å². The molecule has 0 bridgehead atoms. The molecule has 0 heterocycles. The Labute approximate surface area is 154 Å². The Bertz CT molecular complexity index is 924. The first kappa shape index (κ1) is 18.3. The molecule has 0 aromatic heterocycles. The maximum atomic E-state index is 13.0. The first-order valence-corrected chi connectivity index (χ1v) is 9.86. The number of hydrogen-bond donors (Lipinski definition) is 1. The molecule has 3 rings (SSSR count). The lowest BCUT2D eigenvalue weighted by atomic mass is 10.1. The molecule has 0 spiro atoms. The molecular formula is C21H21NO3S. The second-order valence-electron chi connectivity index (χ2n) is 5.94. The van der Waals surface area contributed by atoms with Gasteiger partial charge in [-0.1, -0.05) is 72.8 Å². The molecule has 5 heteroatoms. The van der Waals surface area contributed by atoms with E-state index in [0.717, 1.165) is 16.7 Å². The van der Waals surface area contributed by atoms with Gasteiger partial charge in [0.25, 0.3) is 0 Å². The second kappa shape index (κ2) is 8.27. The molecule has 0 aliphatic rings. The Balaban J connectivity index is 1.87. The lowest BCUT2D eigenvalue weighted by molar-refractivity contribution is 0.251. The normalized spacial score (nSPS) is 11.6. The van der Waals surface area contributed by atoms with Gasteiger partial charge in [-0.2, -0.15) is 4.31 Å². The first-order valence-electron chi connectivity index (χ1n) is 8.42. The van der Waals surface area contributed by atoms with Gasteiger partial charge in [-0.25, -0.2) is 8.42 Å². The van der Waals surface area contributed by atoms with Crippen LogP contribution in [-0.2, 0) is 16.6 Å². The highest BCUT2D eigenvalue weighted by Crippen LogP contribution is 2.23. The van der Waals surface area contributed by atoms with Crippen LogP contribution < -0.4 is 0 Å². The van der Waals surface area contributed by atoms with Crippen molar-refractivity contribution in [3.63, 3.8) is 0 Å². The van der Waals surface area contributed by atoms with Gasteiger partial charge in [-0.05, 0) is 28.8 Å². The summed E-state index contributed by atoms with van der Waals surface area (Å²) in [5.41, 5.74) is 2.87. The van der Waals surface area contributed by atoms with Gasteiger partial charge in [0, 0.05) is 13.1 Å². The molecular weight excluding hydrogens is 346 g/mol. The molecule has 0 atom stereocenters. The molecule has 26 heavy (non-hydrogen) atoms. The zero-order chi connectivity index (χ0) is 18.4. The quantitative estimate of drug-likeness (QED) is 0.695. The highest BCUT2D eigenvalue weighted by atomic mass is 32.2. The van der Waals surface area contributed by atoms with Crippen LogP contribution in [0.4, 0.5) is 0 Å². The predicted octanol–water partition coefficient (Wildman–Crippen LogP) is 3.54. The first-order chi connectivity index (χ1) is 12.6. The minimum Gasteiger partial charge on any atom is -0.395 e. The Kier molecular flexibility index (Phi) is 5.83. The monoisotopic (exact) mass is 367 g/mol. The van der Waals surface area contributed by atoms with Crippen LogP contribution in [0.15, 0.2) is 89.8 Å². The van der Waals surface area contributed by atoms with E-state index in [-0.39, 0.29) is 24.6 Å². The Hall–Kier alpha value is -2.47. The third kappa shape index (κ3) is 4.19. The fraction of sp³-hybridized carbons (Fsp3) is 0.143. The van der Waals surface area contributed by atoms with Gasteiger partial charge in [-0.3, -0.25) is 0 Å². The van der Waals surface area contributed by atoms with Crippen molar-refractivity contribution in [1.29, 1.82) is 0 Å². The van der Waals surface area contributed by atoms with E-state index in [1.54, 1.807) is 12.1 Å². The van der Waals surface area contributed by atoms with E-state index >= 15 is 0 Å². The lowest BCUT2D eigenvalue weighted by Gasteiger charge is -2.21. The molecule has 0 saturated heterocycles. The SMILES string of the molecule is O=S(=O)(c1ccc(-c2ccccc2)cc1)N(CCO)Cc1ccccc1. The lowest BCUT2D eigenvalue weighted by Crippen LogP contribution is -2.33. The second-order valence-corrected chi connectivity index (χ2v) is 7.88. The van der Waals surface area contributed by atoms with E-state index in [2.05, 4.69) is 0 Å². The summed E-state index contributed by atoms with van der Waals surface area (Å²) in [5, 5.41) is 9.31. The minimum atomic E-state index is -3.69. The maximum absolute atomic E-state index is 13.0. The number of sulfonamides is 1. The molecule has 4 nitrogen and oxygen atoms in total. The van der Waals surface area contributed by atoms with Gasteiger partial charge in [0.05, 0.1) is 11.5 Å². The van der Waals surface area contributed by atoms with Gasteiger partial charge in [-0.15, -0.1) is 0 Å². The average molecular weight is 367 g/mol. The number of benzene rings is 3. The molecule has 0 aliphatic heterocycles. The average Bonchev–Trinajstić information content (AvgIpc) is 2.69. The van der Waals surface area contributed by atoms with Crippen LogP contribution in [0.3, 0.4) is 0 Å². The van der Waals surface area contributed by atoms with Gasteiger partial charge in [0.15, 0.2) is 0 Å². The van der Waals surface area contributed by atoms with Crippen molar-refractivity contribution in [2.45, 2.75) is 11.4 Å². The van der Waals surface area contributed by atoms with E-state index in [1.807, 2.05) is 72.8 Å². The van der Waals surface area contributed by atoms with Crippen molar-refractivity contribution in [2.24, 2.45) is 0 Å². The number of aliphatic hydroxyl groups is 1. The van der Waals surface area contributed by atoms with Crippen molar-refractivity contribution in [3.05, 3.63) is 90.5 Å². The smallest absolute Gasteiger partial charge is 0.243 e. The highest BCUT2D eigenvalue weighted by Gasteiger charge is 2.24. The summed E-state index contributed by atoms with van der Waals surface area (Å²) >= 11 is 0. The van der Waals surface area contributed by atoms with Crippen molar-refractivity contribution in [3.8, 4) is 11.1 Å². The minimum absolute atomic E-state index is 0.0532. The molecule has 0 aliphatic carbocycles. The number of rotatable bonds is 7. The molecule has 0 fully saturated rings. The van der Waals surface area contributed by atoms with Crippen LogP contribution >= 0.6 is 0 Å². The topological polar surface area (TPSA) is 57.6 Å². The Morgan fingerprint density at radius 2 is 1.27 bits per heavy atom. The predicted molar refractivity (Wildman–Crippen MR) is 103 cm³/mol. The van der Waals surface area contributed by atoms with Crippen molar-refractivity contribution in [1.82, 2.24) is 4.31 Å². The van der Waals surface area contributed by atoms with E-state index in [0.29, 0.717) is 0 Å². The zero-order valence-electron chi connectivity index (χ0n) is 14.3. The van der Waals surface area contributed by atoms with Crippen LogP contribution in [0.5, 0.6) is 0 Å². The van der Waals surface area contributed by atoms with Crippen molar-refractivity contribution < 1.29 is 13.5 Å². The standard InChI is InChI=1S/C21H21NO3S/c23-16-15-22(17-18-7-3-1-4-8-18)26(24,25)21-13-11-20(12-14-21)19-9-5-2-6-10-19/h1-14,23H,15-17H2. The van der Waals surface area contributed by atoms with Crippen LogP contribution in [0.25, 0.3) is 11.1 Å². The van der Waals surface area contributed by atoms with E-state index in [1.165, 1.54) is 4.31 Å². The molecule has 0 saturated carbocycles. The summed E-state index contributed by atoms with van der Waals surface area (Å²) in [7, 11) is -3.69. The Morgan fingerprint density at radius 3 is 1.85 bits per heavy atom. The Morgan fingerprint density at radius 1 is 0.731 bits per heavy atom. The number of aliphatic hydroxyl groups excluding tert-OH is 1. The summed E-state index contributed by atoms with van der Waals surface area (Å²) in [6.07, 6.45) is 0. The molecule has 0 unspecified atom stereocenters. The largest absolute Gasteiger partial charge is 0.395 e. The third-order valence-corrected chi connectivity index (χ3v) is 6.01. The third-order valence-electron chi connectivity index (χ3n) is 4.15. The fourth-order valence-corrected chi connectivity index (χ4v) is 4.20. The fourth-order valence-electron chi connectivity index (χ4n) is 2.78. The van der Waals surface area contributed by atoms with E-state index < -0.39 is 10.0 Å². The van der Waals surface area contributed by atoms with Gasteiger partial charge >= 0.3 is 0 Å². The molecule has 1 N–H and O–H groups in total. The summed E-state index contributed by atoms with van der Waals surface area (Å²) in [6.45, 7) is 0.0516. The molecule has 3 aromatic rings. The summed E-state index contributed by atoms with van der Waals surface area (Å²) < 4.78 is 27.3. The maximum Gasteiger partial charge on any atom is 0.243 e. The van der Waals surface area contributed by atoms with Crippen molar-refractivity contribution in [2.75, 3.05) is 13.2 Å². The van der Waals surface area contributed by atoms with Crippen molar-refractivity contribution >= 4 is 10.0 Å². The zero-order valence-corrected chi connectivity index (χ0v) is 15.1. The highest BCUT2D eigenvalue weighted by molar-refractivity contribution is 7.89. The van der Waals surface area contributed by atoms with Gasteiger partial charge in [0.2, 0.25) is 10.0 Å². The number of hydrogen-bond acceptors (Lipinski definition) is 3. The van der Waals surface area contributed by atoms with Crippen LogP contribution in [0.1, 0.15) is 5.56 Å². The molecule has 134 valence electrons. The summed E-state index contributed by atoms with van der Waals surface area (Å²) in [6, 6.07) is 26.0. The molecule has 0 amide bonds. The van der Waals surface area contributed by atoms with Gasteiger partial charge in [0.1, 0.15) is 0 Å². The van der Waals surface area contributed by atoms with Crippen LogP contribution in [0, 0.1) is 0 Å². The molecule has 0 radical (unpaired) electrons. The van der Waals surface area contributed by atoms with Crippen LogP contribution in [0.2, 0.25) is 0 Å². The summed E-state index contributed by atoms with van der Waals surface area (Å²) in [5.74, 6) is 0. The van der Waals surface area contributed by atoms with E-state index in [9.17, 15) is 13.5 Å². The van der Waals surface area contributed by atoms with Gasteiger partial charge < -0.3 is 5.11 Å².